The largest absolute Gasteiger partial charge is 0.497 e. The van der Waals surface area contributed by atoms with Crippen LogP contribution >= 0.6 is 0 Å². The predicted molar refractivity (Wildman–Crippen MR) is 86.7 cm³/mol. The summed E-state index contributed by atoms with van der Waals surface area (Å²) in [6, 6.07) is 7.64. The van der Waals surface area contributed by atoms with Crippen LogP contribution in [0.1, 0.15) is 19.8 Å². The highest BCUT2D eigenvalue weighted by atomic mass is 16.5. The summed E-state index contributed by atoms with van der Waals surface area (Å²) in [5.74, 6) is 3.02. The molecule has 1 N–H and O–H groups in total. The average Bonchev–Trinajstić information content (AvgIpc) is 2.56. The van der Waals surface area contributed by atoms with Gasteiger partial charge in [-0.05, 0) is 43.0 Å². The molecule has 1 fully saturated rings. The van der Waals surface area contributed by atoms with Crippen LogP contribution in [0.15, 0.2) is 30.5 Å². The molecule has 0 unspecified atom stereocenters. The summed E-state index contributed by atoms with van der Waals surface area (Å²) in [5, 5.41) is 11.3. The van der Waals surface area contributed by atoms with Crippen LogP contribution in [0.2, 0.25) is 0 Å². The predicted octanol–water partition coefficient (Wildman–Crippen LogP) is 2.86. The molecular weight excluding hydrogens is 278 g/mol. The fourth-order valence-corrected chi connectivity index (χ4v) is 2.54. The van der Waals surface area contributed by atoms with Crippen molar-refractivity contribution in [1.82, 2.24) is 15.2 Å². The van der Waals surface area contributed by atoms with E-state index in [2.05, 4.69) is 32.3 Å². The number of anilines is 3. The molecule has 1 aliphatic heterocycles. The molecular formula is C16H21N5O. The molecule has 1 saturated heterocycles. The molecule has 1 aliphatic rings. The number of methoxy groups -OCH3 is 1. The van der Waals surface area contributed by atoms with E-state index in [0.717, 1.165) is 36.3 Å². The Kier molecular flexibility index (Phi) is 4.37. The first-order chi connectivity index (χ1) is 10.7. The third-order valence-corrected chi connectivity index (χ3v) is 4.00. The van der Waals surface area contributed by atoms with Gasteiger partial charge in [0.2, 0.25) is 5.95 Å². The second-order valence-electron chi connectivity index (χ2n) is 5.66. The number of benzene rings is 1. The Labute approximate surface area is 130 Å². The second-order valence-corrected chi connectivity index (χ2v) is 5.66. The van der Waals surface area contributed by atoms with Gasteiger partial charge in [-0.15, -0.1) is 5.10 Å². The van der Waals surface area contributed by atoms with E-state index < -0.39 is 0 Å². The van der Waals surface area contributed by atoms with Crippen molar-refractivity contribution in [3.05, 3.63) is 30.5 Å². The standard InChI is InChI=1S/C16H21N5O/c1-12-7-9-21(10-8-12)15-11-17-20-16(19-15)18-13-3-5-14(22-2)6-4-13/h3-6,11-12H,7-10H2,1-2H3,(H,18,19,20). The molecule has 1 aromatic carbocycles. The van der Waals surface area contributed by atoms with E-state index in [4.69, 9.17) is 4.74 Å². The molecule has 116 valence electrons. The van der Waals surface area contributed by atoms with E-state index >= 15 is 0 Å². The molecule has 0 spiro atoms. The summed E-state index contributed by atoms with van der Waals surface area (Å²) in [4.78, 5) is 6.84. The van der Waals surface area contributed by atoms with Crippen LogP contribution in [-0.4, -0.2) is 35.4 Å². The molecule has 0 amide bonds. The lowest BCUT2D eigenvalue weighted by atomic mass is 9.99. The topological polar surface area (TPSA) is 63.2 Å². The number of piperidine rings is 1. The Balaban J connectivity index is 1.70. The van der Waals surface area contributed by atoms with Gasteiger partial charge >= 0.3 is 0 Å². The van der Waals surface area contributed by atoms with Gasteiger partial charge < -0.3 is 15.0 Å². The zero-order valence-corrected chi connectivity index (χ0v) is 13.0. The molecule has 6 nitrogen and oxygen atoms in total. The summed E-state index contributed by atoms with van der Waals surface area (Å²) in [6.07, 6.45) is 4.13. The number of rotatable bonds is 4. The van der Waals surface area contributed by atoms with Gasteiger partial charge in [0.05, 0.1) is 13.3 Å². The smallest absolute Gasteiger partial charge is 0.249 e. The second kappa shape index (κ2) is 6.60. The molecule has 3 rings (SSSR count). The Hall–Kier alpha value is -2.37. The number of hydrogen-bond acceptors (Lipinski definition) is 6. The zero-order chi connectivity index (χ0) is 15.4. The van der Waals surface area contributed by atoms with Crippen molar-refractivity contribution in [2.75, 3.05) is 30.4 Å². The van der Waals surface area contributed by atoms with E-state index in [9.17, 15) is 0 Å². The monoisotopic (exact) mass is 299 g/mol. The minimum absolute atomic E-state index is 0.515. The minimum atomic E-state index is 0.515. The fraction of sp³-hybridized carbons (Fsp3) is 0.438. The highest BCUT2D eigenvalue weighted by molar-refractivity contribution is 5.55. The Bertz CT molecular complexity index is 608. The Morgan fingerprint density at radius 2 is 1.91 bits per heavy atom. The fourth-order valence-electron chi connectivity index (χ4n) is 2.54. The van der Waals surface area contributed by atoms with Crippen LogP contribution in [-0.2, 0) is 0 Å². The minimum Gasteiger partial charge on any atom is -0.497 e. The van der Waals surface area contributed by atoms with Crippen LogP contribution in [0.4, 0.5) is 17.5 Å². The van der Waals surface area contributed by atoms with Crippen LogP contribution in [0, 0.1) is 5.92 Å². The maximum Gasteiger partial charge on any atom is 0.249 e. The third kappa shape index (κ3) is 3.44. The van der Waals surface area contributed by atoms with Gasteiger partial charge in [-0.25, -0.2) is 0 Å². The van der Waals surface area contributed by atoms with E-state index in [1.54, 1.807) is 13.3 Å². The Morgan fingerprint density at radius 3 is 2.59 bits per heavy atom. The van der Waals surface area contributed by atoms with Gasteiger partial charge in [-0.2, -0.15) is 10.1 Å². The molecule has 0 radical (unpaired) electrons. The quantitative estimate of drug-likeness (QED) is 0.936. The molecule has 22 heavy (non-hydrogen) atoms. The molecule has 0 saturated carbocycles. The van der Waals surface area contributed by atoms with Gasteiger partial charge in [0.15, 0.2) is 5.82 Å². The van der Waals surface area contributed by atoms with Crippen molar-refractivity contribution in [3.8, 4) is 5.75 Å². The summed E-state index contributed by atoms with van der Waals surface area (Å²) in [6.45, 7) is 4.36. The van der Waals surface area contributed by atoms with Crippen molar-refractivity contribution in [1.29, 1.82) is 0 Å². The number of nitrogens with zero attached hydrogens (tertiary/aromatic N) is 4. The van der Waals surface area contributed by atoms with Gasteiger partial charge in [-0.1, -0.05) is 6.92 Å². The van der Waals surface area contributed by atoms with Crippen LogP contribution in [0.5, 0.6) is 5.75 Å². The van der Waals surface area contributed by atoms with E-state index in [0.29, 0.717) is 5.95 Å². The number of hydrogen-bond donors (Lipinski definition) is 1. The van der Waals surface area contributed by atoms with Gasteiger partial charge in [0.1, 0.15) is 5.75 Å². The van der Waals surface area contributed by atoms with Crippen molar-refractivity contribution in [3.63, 3.8) is 0 Å². The number of ether oxygens (including phenoxy) is 1. The van der Waals surface area contributed by atoms with E-state index in [1.807, 2.05) is 24.3 Å². The lowest BCUT2D eigenvalue weighted by Crippen LogP contribution is -2.33. The normalized spacial score (nSPS) is 15.6. The van der Waals surface area contributed by atoms with Gasteiger partial charge in [0, 0.05) is 18.8 Å². The highest BCUT2D eigenvalue weighted by Crippen LogP contribution is 2.22. The first kappa shape index (κ1) is 14.6. The Morgan fingerprint density at radius 1 is 1.18 bits per heavy atom. The third-order valence-electron chi connectivity index (χ3n) is 4.00. The molecule has 0 atom stereocenters. The molecule has 2 aromatic rings. The maximum atomic E-state index is 5.15. The van der Waals surface area contributed by atoms with Crippen LogP contribution < -0.4 is 15.0 Å². The molecule has 0 aliphatic carbocycles. The summed E-state index contributed by atoms with van der Waals surface area (Å²) in [7, 11) is 1.65. The average molecular weight is 299 g/mol. The summed E-state index contributed by atoms with van der Waals surface area (Å²) in [5.41, 5.74) is 0.909. The van der Waals surface area contributed by atoms with Crippen LogP contribution in [0.3, 0.4) is 0 Å². The van der Waals surface area contributed by atoms with Gasteiger partial charge in [0.25, 0.3) is 0 Å². The number of aromatic nitrogens is 3. The lowest BCUT2D eigenvalue weighted by Gasteiger charge is -2.30. The van der Waals surface area contributed by atoms with Crippen molar-refractivity contribution >= 4 is 17.5 Å². The van der Waals surface area contributed by atoms with Crippen LogP contribution in [0.25, 0.3) is 0 Å². The first-order valence-electron chi connectivity index (χ1n) is 7.60. The van der Waals surface area contributed by atoms with E-state index in [1.165, 1.54) is 12.8 Å². The van der Waals surface area contributed by atoms with E-state index in [-0.39, 0.29) is 0 Å². The SMILES string of the molecule is COc1ccc(Nc2nncc(N3CCC(C)CC3)n2)cc1. The highest BCUT2D eigenvalue weighted by Gasteiger charge is 2.17. The molecule has 1 aromatic heterocycles. The number of nitrogens with one attached hydrogen (secondary N) is 1. The maximum absolute atomic E-state index is 5.15. The summed E-state index contributed by atoms with van der Waals surface area (Å²) < 4.78 is 5.15. The van der Waals surface area contributed by atoms with Crippen molar-refractivity contribution < 1.29 is 4.74 Å². The van der Waals surface area contributed by atoms with Crippen molar-refractivity contribution in [2.45, 2.75) is 19.8 Å². The molecule has 6 heteroatoms. The zero-order valence-electron chi connectivity index (χ0n) is 13.0. The molecule has 2 heterocycles. The molecule has 0 bridgehead atoms. The van der Waals surface area contributed by atoms with Crippen molar-refractivity contribution in [2.24, 2.45) is 5.92 Å². The lowest BCUT2D eigenvalue weighted by molar-refractivity contribution is 0.415. The van der Waals surface area contributed by atoms with Gasteiger partial charge in [-0.3, -0.25) is 0 Å². The first-order valence-corrected chi connectivity index (χ1v) is 7.60. The summed E-state index contributed by atoms with van der Waals surface area (Å²) >= 11 is 0.